The van der Waals surface area contributed by atoms with Gasteiger partial charge in [-0.05, 0) is 72.3 Å². The van der Waals surface area contributed by atoms with E-state index >= 15 is 0 Å². The van der Waals surface area contributed by atoms with Crippen LogP contribution in [0.1, 0.15) is 29.0 Å². The number of halogens is 2. The van der Waals surface area contributed by atoms with E-state index in [1.807, 2.05) is 24.3 Å². The Hall–Kier alpha value is -2.00. The molecule has 0 spiro atoms. The highest BCUT2D eigenvalue weighted by Crippen LogP contribution is 2.28. The van der Waals surface area contributed by atoms with Gasteiger partial charge in [-0.3, -0.25) is 0 Å². The maximum Gasteiger partial charge on any atom is 0.0438 e. The monoisotopic (exact) mass is 426 g/mol. The van der Waals surface area contributed by atoms with Gasteiger partial charge in [0.15, 0.2) is 0 Å². The Labute approximate surface area is 184 Å². The van der Waals surface area contributed by atoms with Gasteiger partial charge in [0.25, 0.3) is 0 Å². The molecular weight excluding hydrogens is 399 g/mol. The quantitative estimate of drug-likeness (QED) is 0.389. The highest BCUT2D eigenvalue weighted by molar-refractivity contribution is 6.31. The van der Waals surface area contributed by atoms with Crippen LogP contribution in [0.3, 0.4) is 0 Å². The van der Waals surface area contributed by atoms with E-state index in [1.165, 1.54) is 22.4 Å². The largest absolute Gasteiger partial charge is 0.378 e. The topological polar surface area (TPSA) is 15.3 Å². The van der Waals surface area contributed by atoms with Crippen LogP contribution in [0.15, 0.2) is 72.8 Å². The van der Waals surface area contributed by atoms with E-state index in [4.69, 9.17) is 23.2 Å². The van der Waals surface area contributed by atoms with Gasteiger partial charge in [0.05, 0.1) is 0 Å². The lowest BCUT2D eigenvalue weighted by Gasteiger charge is -2.19. The molecule has 0 aliphatic heterocycles. The SMILES string of the molecule is CN(C)c1ccc(CNCC[C@@H](Cc2ccccc2Cl)c2ccc(Cl)cc2)cc1. The van der Waals surface area contributed by atoms with Crippen molar-refractivity contribution < 1.29 is 0 Å². The summed E-state index contributed by atoms with van der Waals surface area (Å²) in [6.07, 6.45) is 1.95. The number of hydrogen-bond donors (Lipinski definition) is 1. The van der Waals surface area contributed by atoms with E-state index in [2.05, 4.69) is 72.8 Å². The van der Waals surface area contributed by atoms with Crippen molar-refractivity contribution in [3.05, 3.63) is 99.5 Å². The molecule has 4 heteroatoms. The first-order valence-corrected chi connectivity index (χ1v) is 10.7. The van der Waals surface area contributed by atoms with Crippen LogP contribution in [0.25, 0.3) is 0 Å². The normalized spacial score (nSPS) is 12.0. The van der Waals surface area contributed by atoms with Crippen LogP contribution in [-0.4, -0.2) is 20.6 Å². The van der Waals surface area contributed by atoms with Crippen LogP contribution in [0.4, 0.5) is 5.69 Å². The van der Waals surface area contributed by atoms with Crippen LogP contribution in [0.5, 0.6) is 0 Å². The predicted molar refractivity (Wildman–Crippen MR) is 126 cm³/mol. The average molecular weight is 427 g/mol. The number of nitrogens with one attached hydrogen (secondary N) is 1. The van der Waals surface area contributed by atoms with Crippen molar-refractivity contribution in [1.82, 2.24) is 5.32 Å². The minimum Gasteiger partial charge on any atom is -0.378 e. The molecule has 0 bridgehead atoms. The average Bonchev–Trinajstić information content (AvgIpc) is 2.72. The van der Waals surface area contributed by atoms with Crippen molar-refractivity contribution in [2.75, 3.05) is 25.5 Å². The Morgan fingerprint density at radius 2 is 1.55 bits per heavy atom. The van der Waals surface area contributed by atoms with Gasteiger partial charge in [0.1, 0.15) is 0 Å². The van der Waals surface area contributed by atoms with Gasteiger partial charge in [0.2, 0.25) is 0 Å². The molecule has 2 nitrogen and oxygen atoms in total. The van der Waals surface area contributed by atoms with Crippen molar-refractivity contribution >= 4 is 28.9 Å². The number of hydrogen-bond acceptors (Lipinski definition) is 2. The lowest BCUT2D eigenvalue weighted by molar-refractivity contribution is 0.564. The minimum absolute atomic E-state index is 0.385. The second-order valence-corrected chi connectivity index (χ2v) is 8.41. The Morgan fingerprint density at radius 1 is 0.862 bits per heavy atom. The molecule has 3 aromatic carbocycles. The third kappa shape index (κ3) is 6.50. The molecule has 0 aliphatic rings. The Morgan fingerprint density at radius 3 is 2.21 bits per heavy atom. The van der Waals surface area contributed by atoms with Crippen molar-refractivity contribution in [3.63, 3.8) is 0 Å². The zero-order valence-electron chi connectivity index (χ0n) is 17.0. The van der Waals surface area contributed by atoms with E-state index in [0.717, 1.165) is 36.0 Å². The minimum atomic E-state index is 0.385. The van der Waals surface area contributed by atoms with Gasteiger partial charge in [-0.1, -0.05) is 65.7 Å². The summed E-state index contributed by atoms with van der Waals surface area (Å²) in [6.45, 7) is 1.81. The standard InChI is InChI=1S/C25H28Cl2N2/c1-29(2)24-13-7-19(8-14-24)18-28-16-15-21(20-9-11-23(26)12-10-20)17-22-5-3-4-6-25(22)27/h3-14,21,28H,15-18H2,1-2H3/t21-/m0/s1. The summed E-state index contributed by atoms with van der Waals surface area (Å²) in [5, 5.41) is 5.19. The molecule has 29 heavy (non-hydrogen) atoms. The molecule has 0 amide bonds. The summed E-state index contributed by atoms with van der Waals surface area (Å²) < 4.78 is 0. The number of anilines is 1. The van der Waals surface area contributed by atoms with Gasteiger partial charge >= 0.3 is 0 Å². The van der Waals surface area contributed by atoms with E-state index in [-0.39, 0.29) is 0 Å². The molecule has 0 unspecified atom stereocenters. The van der Waals surface area contributed by atoms with Gasteiger partial charge in [-0.25, -0.2) is 0 Å². The fourth-order valence-corrected chi connectivity index (χ4v) is 3.81. The highest BCUT2D eigenvalue weighted by atomic mass is 35.5. The van der Waals surface area contributed by atoms with Crippen LogP contribution < -0.4 is 10.2 Å². The van der Waals surface area contributed by atoms with Crippen LogP contribution in [0.2, 0.25) is 10.0 Å². The summed E-state index contributed by atoms with van der Waals surface area (Å²) in [7, 11) is 4.12. The third-order valence-electron chi connectivity index (χ3n) is 5.22. The smallest absolute Gasteiger partial charge is 0.0438 e. The number of benzene rings is 3. The fraction of sp³-hybridized carbons (Fsp3) is 0.280. The Kier molecular flexibility index (Phi) is 8.00. The van der Waals surface area contributed by atoms with Gasteiger partial charge < -0.3 is 10.2 Å². The Balaban J connectivity index is 1.60. The van der Waals surface area contributed by atoms with Crippen LogP contribution in [-0.2, 0) is 13.0 Å². The van der Waals surface area contributed by atoms with Gasteiger partial charge in [-0.15, -0.1) is 0 Å². The second kappa shape index (κ2) is 10.7. The zero-order valence-corrected chi connectivity index (χ0v) is 18.5. The van der Waals surface area contributed by atoms with E-state index in [9.17, 15) is 0 Å². The summed E-state index contributed by atoms with van der Waals surface area (Å²) in [4.78, 5) is 2.11. The van der Waals surface area contributed by atoms with Crippen molar-refractivity contribution in [1.29, 1.82) is 0 Å². The molecule has 0 aliphatic carbocycles. The molecule has 0 aromatic heterocycles. The first kappa shape index (κ1) is 21.7. The second-order valence-electron chi connectivity index (χ2n) is 7.57. The van der Waals surface area contributed by atoms with Gasteiger partial charge in [-0.2, -0.15) is 0 Å². The molecule has 0 fully saturated rings. The van der Waals surface area contributed by atoms with Crippen molar-refractivity contribution in [3.8, 4) is 0 Å². The molecule has 3 rings (SSSR count). The maximum atomic E-state index is 6.42. The molecule has 0 saturated carbocycles. The molecule has 1 N–H and O–H groups in total. The number of rotatable bonds is 9. The third-order valence-corrected chi connectivity index (χ3v) is 5.84. The molecule has 0 heterocycles. The molecule has 0 radical (unpaired) electrons. The molecule has 152 valence electrons. The molecule has 1 atom stereocenters. The number of nitrogens with zero attached hydrogens (tertiary/aromatic N) is 1. The lowest BCUT2D eigenvalue weighted by atomic mass is 9.89. The summed E-state index contributed by atoms with van der Waals surface area (Å²) in [5.74, 6) is 0.385. The van der Waals surface area contributed by atoms with E-state index in [1.54, 1.807) is 0 Å². The summed E-state index contributed by atoms with van der Waals surface area (Å²) in [5.41, 5.74) is 5.00. The highest BCUT2D eigenvalue weighted by Gasteiger charge is 2.14. The van der Waals surface area contributed by atoms with Crippen molar-refractivity contribution in [2.45, 2.75) is 25.3 Å². The first-order chi connectivity index (χ1) is 14.0. The van der Waals surface area contributed by atoms with Crippen LogP contribution in [0, 0.1) is 0 Å². The van der Waals surface area contributed by atoms with Gasteiger partial charge in [0, 0.05) is 36.4 Å². The Bertz CT molecular complexity index is 889. The van der Waals surface area contributed by atoms with E-state index in [0.29, 0.717) is 5.92 Å². The van der Waals surface area contributed by atoms with E-state index < -0.39 is 0 Å². The van der Waals surface area contributed by atoms with Crippen LogP contribution >= 0.6 is 23.2 Å². The maximum absolute atomic E-state index is 6.42. The molecular formula is C25H28Cl2N2. The lowest BCUT2D eigenvalue weighted by Crippen LogP contribution is -2.18. The predicted octanol–water partition coefficient (Wildman–Crippen LogP) is 6.57. The summed E-state index contributed by atoms with van der Waals surface area (Å²) >= 11 is 12.5. The van der Waals surface area contributed by atoms with Crippen molar-refractivity contribution in [2.24, 2.45) is 0 Å². The molecule has 0 saturated heterocycles. The molecule has 3 aromatic rings. The fourth-order valence-electron chi connectivity index (χ4n) is 3.47. The summed E-state index contributed by atoms with van der Waals surface area (Å²) in [6, 6.07) is 25.0. The zero-order chi connectivity index (χ0) is 20.6. The first-order valence-electron chi connectivity index (χ1n) is 9.99.